The Bertz CT molecular complexity index is 1010. The number of carbonyl (C=O) groups is 3. The molecule has 8 nitrogen and oxygen atoms in total. The summed E-state index contributed by atoms with van der Waals surface area (Å²) in [6.07, 6.45) is -0.191. The molecule has 1 fully saturated rings. The molecule has 3 rings (SSSR count). The largest absolute Gasteiger partial charge is 0.494 e. The van der Waals surface area contributed by atoms with Crippen molar-refractivity contribution in [3.63, 3.8) is 0 Å². The van der Waals surface area contributed by atoms with Gasteiger partial charge in [0.15, 0.2) is 5.11 Å². The van der Waals surface area contributed by atoms with E-state index in [1.165, 1.54) is 9.91 Å². The lowest BCUT2D eigenvalue weighted by atomic mass is 10.1. The zero-order valence-electron chi connectivity index (χ0n) is 17.6. The first kappa shape index (κ1) is 23.5. The Morgan fingerprint density at radius 3 is 2.34 bits per heavy atom. The summed E-state index contributed by atoms with van der Waals surface area (Å²) in [6.45, 7) is 4.52. The van der Waals surface area contributed by atoms with E-state index in [0.29, 0.717) is 35.2 Å². The number of benzene rings is 2. The number of ether oxygens (including phenoxy) is 1. The van der Waals surface area contributed by atoms with Gasteiger partial charge in [0.25, 0.3) is 11.8 Å². The number of nitrogens with one attached hydrogen (secondary N) is 2. The molecule has 1 aliphatic rings. The quantitative estimate of drug-likeness (QED) is 0.571. The summed E-state index contributed by atoms with van der Waals surface area (Å²) in [5.74, 6) is -0.516. The molecule has 2 N–H and O–H groups in total. The van der Waals surface area contributed by atoms with Crippen molar-refractivity contribution in [3.05, 3.63) is 59.1 Å². The Labute approximate surface area is 196 Å². The highest BCUT2D eigenvalue weighted by atomic mass is 35.5. The monoisotopic (exact) mass is 474 g/mol. The van der Waals surface area contributed by atoms with Crippen LogP contribution >= 0.6 is 23.8 Å². The first-order valence-electron chi connectivity index (χ1n) is 10.1. The molecule has 3 amide bonds. The van der Waals surface area contributed by atoms with Gasteiger partial charge in [-0.3, -0.25) is 24.7 Å². The summed E-state index contributed by atoms with van der Waals surface area (Å²) in [5.41, 5.74) is 3.56. The van der Waals surface area contributed by atoms with Crippen LogP contribution in [0.3, 0.4) is 0 Å². The van der Waals surface area contributed by atoms with Crippen molar-refractivity contribution in [1.82, 2.24) is 15.3 Å². The molecule has 1 aliphatic heterocycles. The van der Waals surface area contributed by atoms with Crippen molar-refractivity contribution in [2.45, 2.75) is 26.3 Å². The predicted octanol–water partition coefficient (Wildman–Crippen LogP) is 3.23. The smallest absolute Gasteiger partial charge is 0.269 e. The van der Waals surface area contributed by atoms with Crippen molar-refractivity contribution < 1.29 is 19.1 Å². The topological polar surface area (TPSA) is 91.0 Å². The average molecular weight is 475 g/mol. The van der Waals surface area contributed by atoms with E-state index in [4.69, 9.17) is 28.6 Å². The fourth-order valence-corrected chi connectivity index (χ4v) is 3.73. The van der Waals surface area contributed by atoms with Crippen LogP contribution in [0.25, 0.3) is 0 Å². The standard InChI is InChI=1S/C22H23ClN4O4S/c1-3-26-21(30)18(13-19(28)24-16-9-11-17(12-10-16)31-4-2)27(22(26)32)25-20(29)14-5-7-15(23)8-6-14/h5-12,18H,3-4,13H2,1-2H3,(H,24,28)(H,25,29)/t18-/m1/s1. The van der Waals surface area contributed by atoms with E-state index in [2.05, 4.69) is 10.7 Å². The highest BCUT2D eigenvalue weighted by Gasteiger charge is 2.43. The fourth-order valence-electron chi connectivity index (χ4n) is 3.21. The summed E-state index contributed by atoms with van der Waals surface area (Å²) in [4.78, 5) is 39.5. The van der Waals surface area contributed by atoms with Crippen LogP contribution < -0.4 is 15.5 Å². The summed E-state index contributed by atoms with van der Waals surface area (Å²) >= 11 is 11.2. The molecule has 1 atom stereocenters. The van der Waals surface area contributed by atoms with Crippen molar-refractivity contribution in [1.29, 1.82) is 0 Å². The molecule has 168 valence electrons. The van der Waals surface area contributed by atoms with E-state index in [1.807, 2.05) is 6.92 Å². The van der Waals surface area contributed by atoms with Gasteiger partial charge in [0.05, 0.1) is 13.0 Å². The van der Waals surface area contributed by atoms with Crippen LogP contribution in [-0.4, -0.2) is 51.9 Å². The van der Waals surface area contributed by atoms with Gasteiger partial charge in [-0.25, -0.2) is 5.01 Å². The third-order valence-corrected chi connectivity index (χ3v) is 5.44. The van der Waals surface area contributed by atoms with Crippen molar-refractivity contribution in [2.24, 2.45) is 0 Å². The molecule has 1 saturated heterocycles. The molecule has 0 spiro atoms. The molecular formula is C22H23ClN4O4S. The molecule has 10 heteroatoms. The van der Waals surface area contributed by atoms with Gasteiger partial charge >= 0.3 is 0 Å². The first-order valence-corrected chi connectivity index (χ1v) is 10.9. The van der Waals surface area contributed by atoms with Gasteiger partial charge in [-0.1, -0.05) is 11.6 Å². The van der Waals surface area contributed by atoms with Gasteiger partial charge in [0, 0.05) is 22.8 Å². The minimum atomic E-state index is -0.957. The maximum absolute atomic E-state index is 12.9. The van der Waals surface area contributed by atoms with Crippen LogP contribution in [0.5, 0.6) is 5.75 Å². The second-order valence-electron chi connectivity index (χ2n) is 6.91. The predicted molar refractivity (Wildman–Crippen MR) is 125 cm³/mol. The molecular weight excluding hydrogens is 452 g/mol. The molecule has 2 aromatic carbocycles. The third-order valence-electron chi connectivity index (χ3n) is 4.77. The normalized spacial score (nSPS) is 15.7. The van der Waals surface area contributed by atoms with Crippen molar-refractivity contribution in [3.8, 4) is 5.75 Å². The Morgan fingerprint density at radius 1 is 1.09 bits per heavy atom. The Kier molecular flexibility index (Phi) is 7.66. The van der Waals surface area contributed by atoms with Gasteiger partial charge in [-0.15, -0.1) is 0 Å². The number of amides is 3. The number of likely N-dealkylation sites (N-methyl/N-ethyl adjacent to an activating group) is 1. The number of hydrogen-bond acceptors (Lipinski definition) is 5. The number of halogens is 1. The second-order valence-corrected chi connectivity index (χ2v) is 7.71. The summed E-state index contributed by atoms with van der Waals surface area (Å²) in [6, 6.07) is 12.2. The molecule has 1 heterocycles. The van der Waals surface area contributed by atoms with Crippen LogP contribution in [0.4, 0.5) is 5.69 Å². The van der Waals surface area contributed by atoms with Crippen LogP contribution in [0.1, 0.15) is 30.6 Å². The second kappa shape index (κ2) is 10.4. The minimum absolute atomic E-state index is 0.138. The van der Waals surface area contributed by atoms with Crippen LogP contribution in [-0.2, 0) is 9.59 Å². The minimum Gasteiger partial charge on any atom is -0.494 e. The lowest BCUT2D eigenvalue weighted by molar-refractivity contribution is -0.130. The average Bonchev–Trinajstić information content (AvgIpc) is 2.99. The molecule has 0 saturated carbocycles. The van der Waals surface area contributed by atoms with E-state index in [1.54, 1.807) is 55.5 Å². The number of hydrogen-bond donors (Lipinski definition) is 2. The lowest BCUT2D eigenvalue weighted by Gasteiger charge is -2.24. The first-order chi connectivity index (χ1) is 15.3. The number of anilines is 1. The van der Waals surface area contributed by atoms with Crippen LogP contribution in [0.2, 0.25) is 5.02 Å². The summed E-state index contributed by atoms with van der Waals surface area (Å²) < 4.78 is 5.39. The number of hydrazine groups is 1. The van der Waals surface area contributed by atoms with Crippen molar-refractivity contribution in [2.75, 3.05) is 18.5 Å². The third kappa shape index (κ3) is 5.35. The highest BCUT2D eigenvalue weighted by molar-refractivity contribution is 7.80. The maximum Gasteiger partial charge on any atom is 0.269 e. The molecule has 2 aromatic rings. The zero-order valence-corrected chi connectivity index (χ0v) is 19.2. The Hall–Kier alpha value is -3.17. The number of nitrogens with zero attached hydrogens (tertiary/aromatic N) is 2. The Balaban J connectivity index is 1.71. The van der Waals surface area contributed by atoms with Gasteiger partial charge in [0.2, 0.25) is 5.91 Å². The molecule has 0 aliphatic carbocycles. The van der Waals surface area contributed by atoms with E-state index >= 15 is 0 Å². The molecule has 0 aromatic heterocycles. The molecule has 0 unspecified atom stereocenters. The van der Waals surface area contributed by atoms with E-state index < -0.39 is 11.9 Å². The van der Waals surface area contributed by atoms with E-state index in [0.717, 1.165) is 0 Å². The highest BCUT2D eigenvalue weighted by Crippen LogP contribution is 2.21. The molecule has 32 heavy (non-hydrogen) atoms. The van der Waals surface area contributed by atoms with E-state index in [9.17, 15) is 14.4 Å². The molecule has 0 radical (unpaired) electrons. The fraction of sp³-hybridized carbons (Fsp3) is 0.273. The maximum atomic E-state index is 12.9. The number of carbonyl (C=O) groups excluding carboxylic acids is 3. The number of rotatable bonds is 8. The zero-order chi connectivity index (χ0) is 23.3. The van der Waals surface area contributed by atoms with Gasteiger partial charge in [0.1, 0.15) is 11.8 Å². The SMILES string of the molecule is CCOc1ccc(NC(=O)C[C@@H]2C(=O)N(CC)C(=S)N2NC(=O)c2ccc(Cl)cc2)cc1. The van der Waals surface area contributed by atoms with Crippen LogP contribution in [0, 0.1) is 0 Å². The summed E-state index contributed by atoms with van der Waals surface area (Å²) in [7, 11) is 0. The van der Waals surface area contributed by atoms with E-state index in [-0.39, 0.29) is 23.3 Å². The van der Waals surface area contributed by atoms with Crippen molar-refractivity contribution >= 4 is 52.3 Å². The number of thiocarbonyl (C=S) groups is 1. The van der Waals surface area contributed by atoms with Gasteiger partial charge < -0.3 is 10.1 Å². The molecule has 0 bridgehead atoms. The van der Waals surface area contributed by atoms with Crippen LogP contribution in [0.15, 0.2) is 48.5 Å². The summed E-state index contributed by atoms with van der Waals surface area (Å²) in [5, 5.41) is 4.66. The van der Waals surface area contributed by atoms with Gasteiger partial charge in [-0.05, 0) is 74.6 Å². The van der Waals surface area contributed by atoms with Gasteiger partial charge in [-0.2, -0.15) is 0 Å². The lowest BCUT2D eigenvalue weighted by Crippen LogP contribution is -2.49. The Morgan fingerprint density at radius 2 is 1.75 bits per heavy atom.